The second-order valence-corrected chi connectivity index (χ2v) is 9.89. The van der Waals surface area contributed by atoms with Crippen molar-refractivity contribution in [3.05, 3.63) is 51.1 Å². The lowest BCUT2D eigenvalue weighted by Crippen LogP contribution is -2.29. The number of benzene rings is 1. The fraction of sp³-hybridized carbons (Fsp3) is 0.478. The van der Waals surface area contributed by atoms with Crippen LogP contribution in [0.1, 0.15) is 30.2 Å². The molecule has 1 fully saturated rings. The van der Waals surface area contributed by atoms with Crippen LogP contribution in [-0.2, 0) is 17.7 Å². The van der Waals surface area contributed by atoms with Crippen molar-refractivity contribution < 1.29 is 14.6 Å². The molecule has 3 heterocycles. The predicted octanol–water partition coefficient (Wildman–Crippen LogP) is 4.04. The molecule has 1 saturated heterocycles. The molecule has 31 heavy (non-hydrogen) atoms. The monoisotopic (exact) mass is 460 g/mol. The number of ether oxygens (including phenoxy) is 2. The molecule has 166 valence electrons. The third kappa shape index (κ3) is 5.14. The zero-order valence-corrected chi connectivity index (χ0v) is 19.5. The summed E-state index contributed by atoms with van der Waals surface area (Å²) in [6.07, 6.45) is 2.14. The van der Waals surface area contributed by atoms with Gasteiger partial charge in [0.2, 0.25) is 0 Å². The van der Waals surface area contributed by atoms with E-state index in [1.54, 1.807) is 15.9 Å². The molecule has 2 aromatic heterocycles. The molecule has 2 atom stereocenters. The zero-order valence-electron chi connectivity index (χ0n) is 17.9. The van der Waals surface area contributed by atoms with Crippen LogP contribution in [0.5, 0.6) is 5.75 Å². The van der Waals surface area contributed by atoms with Crippen molar-refractivity contribution in [1.82, 2.24) is 9.55 Å². The molecule has 0 spiro atoms. The standard InChI is InChI=1S/C23H28N2O4S2/c1-3-19-15(2)31-21-20(19)22(27)25(12-18-10-7-11-28-18)23(24-21)30-14-16(26)13-29-17-8-5-4-6-9-17/h4-6,8-9,16,18,26H,3,7,10-14H2,1-2H3/t16-,18-/m0/s1. The lowest BCUT2D eigenvalue weighted by atomic mass is 10.1. The maximum Gasteiger partial charge on any atom is 0.263 e. The summed E-state index contributed by atoms with van der Waals surface area (Å²) in [7, 11) is 0. The van der Waals surface area contributed by atoms with Crippen molar-refractivity contribution >= 4 is 33.3 Å². The second-order valence-electron chi connectivity index (χ2n) is 7.70. The van der Waals surface area contributed by atoms with Gasteiger partial charge >= 0.3 is 0 Å². The van der Waals surface area contributed by atoms with Gasteiger partial charge in [0.1, 0.15) is 17.2 Å². The molecule has 6 nitrogen and oxygen atoms in total. The smallest absolute Gasteiger partial charge is 0.263 e. The Kier molecular flexibility index (Phi) is 7.32. The number of para-hydroxylation sites is 1. The summed E-state index contributed by atoms with van der Waals surface area (Å²) in [4.78, 5) is 20.2. The number of aliphatic hydroxyl groups excluding tert-OH is 1. The van der Waals surface area contributed by atoms with Crippen LogP contribution < -0.4 is 10.3 Å². The van der Waals surface area contributed by atoms with E-state index < -0.39 is 6.10 Å². The number of hydrogen-bond acceptors (Lipinski definition) is 7. The van der Waals surface area contributed by atoms with E-state index in [0.717, 1.165) is 52.3 Å². The maximum absolute atomic E-state index is 13.5. The average molecular weight is 461 g/mol. The highest BCUT2D eigenvalue weighted by molar-refractivity contribution is 7.99. The van der Waals surface area contributed by atoms with Crippen LogP contribution in [0.15, 0.2) is 40.3 Å². The summed E-state index contributed by atoms with van der Waals surface area (Å²) in [6, 6.07) is 9.43. The van der Waals surface area contributed by atoms with Crippen LogP contribution >= 0.6 is 23.1 Å². The molecule has 8 heteroatoms. The van der Waals surface area contributed by atoms with Gasteiger partial charge in [-0.1, -0.05) is 36.9 Å². The quantitative estimate of drug-likeness (QED) is 0.384. The Bertz CT molecular complexity index is 1070. The number of nitrogens with zero attached hydrogens (tertiary/aromatic N) is 2. The van der Waals surface area contributed by atoms with Crippen LogP contribution in [0.3, 0.4) is 0 Å². The van der Waals surface area contributed by atoms with E-state index in [9.17, 15) is 9.90 Å². The van der Waals surface area contributed by atoms with Crippen molar-refractivity contribution in [3.8, 4) is 5.75 Å². The van der Waals surface area contributed by atoms with Crippen LogP contribution in [0, 0.1) is 6.92 Å². The first kappa shape index (κ1) is 22.3. The van der Waals surface area contributed by atoms with Gasteiger partial charge in [0.15, 0.2) is 5.16 Å². The average Bonchev–Trinajstić information content (AvgIpc) is 3.40. The summed E-state index contributed by atoms with van der Waals surface area (Å²) < 4.78 is 13.2. The molecule has 0 aliphatic carbocycles. The number of thioether (sulfide) groups is 1. The molecule has 1 N–H and O–H groups in total. The minimum absolute atomic E-state index is 0.000717. The second kappa shape index (κ2) is 10.2. The van der Waals surface area contributed by atoms with Gasteiger partial charge in [0, 0.05) is 17.2 Å². The zero-order chi connectivity index (χ0) is 21.8. The topological polar surface area (TPSA) is 73.6 Å². The first-order chi connectivity index (χ1) is 15.1. The van der Waals surface area contributed by atoms with Crippen molar-refractivity contribution in [2.45, 2.75) is 57.0 Å². The summed E-state index contributed by atoms with van der Waals surface area (Å²) in [6.45, 7) is 5.55. The van der Waals surface area contributed by atoms with Crippen LogP contribution in [0.25, 0.3) is 10.2 Å². The van der Waals surface area contributed by atoms with Gasteiger partial charge in [-0.3, -0.25) is 9.36 Å². The lowest BCUT2D eigenvalue weighted by molar-refractivity contribution is 0.0937. The number of aromatic nitrogens is 2. The lowest BCUT2D eigenvalue weighted by Gasteiger charge is -2.17. The van der Waals surface area contributed by atoms with Crippen molar-refractivity contribution in [2.75, 3.05) is 19.0 Å². The minimum Gasteiger partial charge on any atom is -0.491 e. The van der Waals surface area contributed by atoms with E-state index >= 15 is 0 Å². The summed E-state index contributed by atoms with van der Waals surface area (Å²) in [5.41, 5.74) is 1.09. The normalized spacial score (nSPS) is 17.3. The Morgan fingerprint density at radius 1 is 1.39 bits per heavy atom. The number of fused-ring (bicyclic) bond motifs is 1. The van der Waals surface area contributed by atoms with E-state index in [-0.39, 0.29) is 18.3 Å². The van der Waals surface area contributed by atoms with Crippen molar-refractivity contribution in [3.63, 3.8) is 0 Å². The van der Waals surface area contributed by atoms with Gasteiger partial charge in [-0.25, -0.2) is 4.98 Å². The van der Waals surface area contributed by atoms with Gasteiger partial charge < -0.3 is 14.6 Å². The van der Waals surface area contributed by atoms with E-state index in [0.29, 0.717) is 17.5 Å². The Hall–Kier alpha value is -1.87. The van der Waals surface area contributed by atoms with Gasteiger partial charge in [0.25, 0.3) is 5.56 Å². The van der Waals surface area contributed by atoms with Gasteiger partial charge in [-0.2, -0.15) is 0 Å². The Morgan fingerprint density at radius 3 is 2.90 bits per heavy atom. The highest BCUT2D eigenvalue weighted by Gasteiger charge is 2.23. The molecule has 1 aliphatic rings. The molecule has 0 saturated carbocycles. The highest BCUT2D eigenvalue weighted by atomic mass is 32.2. The van der Waals surface area contributed by atoms with Gasteiger partial charge in [0.05, 0.1) is 24.1 Å². The molecule has 0 amide bonds. The first-order valence-corrected chi connectivity index (χ1v) is 12.5. The number of thiophene rings is 1. The Morgan fingerprint density at radius 2 is 2.19 bits per heavy atom. The first-order valence-electron chi connectivity index (χ1n) is 10.7. The van der Waals surface area contributed by atoms with E-state index in [2.05, 4.69) is 6.92 Å². The molecular weight excluding hydrogens is 432 g/mol. The molecule has 0 unspecified atom stereocenters. The van der Waals surface area contributed by atoms with Gasteiger partial charge in [-0.05, 0) is 43.9 Å². The largest absolute Gasteiger partial charge is 0.491 e. The van der Waals surface area contributed by atoms with Gasteiger partial charge in [-0.15, -0.1) is 11.3 Å². The van der Waals surface area contributed by atoms with Crippen LogP contribution in [-0.4, -0.2) is 45.8 Å². The van der Waals surface area contributed by atoms with Crippen LogP contribution in [0.4, 0.5) is 0 Å². The molecule has 0 radical (unpaired) electrons. The summed E-state index contributed by atoms with van der Waals surface area (Å²) in [5, 5.41) is 11.8. The highest BCUT2D eigenvalue weighted by Crippen LogP contribution is 2.30. The molecular formula is C23H28N2O4S2. The summed E-state index contributed by atoms with van der Waals surface area (Å²) >= 11 is 2.97. The van der Waals surface area contributed by atoms with Crippen molar-refractivity contribution in [2.24, 2.45) is 0 Å². The Balaban J connectivity index is 1.55. The van der Waals surface area contributed by atoms with Crippen LogP contribution in [0.2, 0.25) is 0 Å². The molecule has 1 aliphatic heterocycles. The number of aryl methyl sites for hydroxylation is 2. The molecule has 0 bridgehead atoms. The third-order valence-electron chi connectivity index (χ3n) is 5.43. The fourth-order valence-corrected chi connectivity index (χ4v) is 5.92. The Labute approximate surface area is 190 Å². The van der Waals surface area contributed by atoms with E-state index in [1.165, 1.54) is 11.8 Å². The third-order valence-corrected chi connectivity index (χ3v) is 7.59. The fourth-order valence-electron chi connectivity index (χ4n) is 3.85. The minimum atomic E-state index is -0.676. The van der Waals surface area contributed by atoms with E-state index in [4.69, 9.17) is 14.5 Å². The van der Waals surface area contributed by atoms with Crippen molar-refractivity contribution in [1.29, 1.82) is 0 Å². The number of hydrogen-bond donors (Lipinski definition) is 1. The van der Waals surface area contributed by atoms with E-state index in [1.807, 2.05) is 37.3 Å². The molecule has 4 rings (SSSR count). The number of rotatable bonds is 9. The summed E-state index contributed by atoms with van der Waals surface area (Å²) in [5.74, 6) is 1.11. The number of aliphatic hydroxyl groups is 1. The maximum atomic E-state index is 13.5. The molecule has 3 aromatic rings. The predicted molar refractivity (Wildman–Crippen MR) is 126 cm³/mol. The molecule has 1 aromatic carbocycles. The SMILES string of the molecule is CCc1c(C)sc2nc(SC[C@@H](O)COc3ccccc3)n(C[C@@H]3CCCO3)c(=O)c12.